The number of nitro groups is 1. The number of esters is 1. The molecule has 1 rings (SSSR count). The fourth-order valence-corrected chi connectivity index (χ4v) is 1.71. The molecule has 1 amide bonds. The number of alkyl halides is 3. The van der Waals surface area contributed by atoms with Crippen LogP contribution in [0.3, 0.4) is 0 Å². The Bertz CT molecular complexity index is 717. The third-order valence-electron chi connectivity index (χ3n) is 2.83. The van der Waals surface area contributed by atoms with E-state index in [2.05, 4.69) is 11.3 Å². The number of carbonyl (C=O) groups excluding carboxylic acids is 2. The molecule has 0 fully saturated rings. The third-order valence-corrected chi connectivity index (χ3v) is 2.83. The second-order valence-corrected chi connectivity index (χ2v) is 4.77. The highest BCUT2D eigenvalue weighted by molar-refractivity contribution is 5.88. The predicted molar refractivity (Wildman–Crippen MR) is 78.8 cm³/mol. The lowest BCUT2D eigenvalue weighted by molar-refractivity contribution is -0.388. The molecule has 1 unspecified atom stereocenters. The van der Waals surface area contributed by atoms with Crippen molar-refractivity contribution in [2.45, 2.75) is 19.2 Å². The van der Waals surface area contributed by atoms with Crippen molar-refractivity contribution in [1.82, 2.24) is 0 Å². The van der Waals surface area contributed by atoms with Gasteiger partial charge >= 0.3 is 18.2 Å². The lowest BCUT2D eigenvalue weighted by atomic mass is 10.1. The summed E-state index contributed by atoms with van der Waals surface area (Å²) in [4.78, 5) is 32.6. The first kappa shape index (κ1) is 19.9. The number of amides is 1. The van der Waals surface area contributed by atoms with Gasteiger partial charge in [-0.1, -0.05) is 6.58 Å². The zero-order valence-electron chi connectivity index (χ0n) is 13.0. The minimum Gasteiger partial charge on any atom is -0.466 e. The summed E-state index contributed by atoms with van der Waals surface area (Å²) in [7, 11) is 1.05. The van der Waals surface area contributed by atoms with Crippen molar-refractivity contribution in [2.24, 2.45) is 0 Å². The Kier molecular flexibility index (Phi) is 6.09. The molecule has 136 valence electrons. The molecule has 1 aromatic carbocycles. The van der Waals surface area contributed by atoms with Crippen molar-refractivity contribution in [1.29, 1.82) is 0 Å². The van der Waals surface area contributed by atoms with Crippen LogP contribution >= 0.6 is 0 Å². The van der Waals surface area contributed by atoms with Gasteiger partial charge in [0.05, 0.1) is 12.0 Å². The van der Waals surface area contributed by atoms with Gasteiger partial charge in [0.25, 0.3) is 5.69 Å². The van der Waals surface area contributed by atoms with Crippen molar-refractivity contribution >= 4 is 23.4 Å². The molecule has 1 aromatic rings. The monoisotopic (exact) mass is 362 g/mol. The molecule has 0 saturated carbocycles. The lowest BCUT2D eigenvalue weighted by Gasteiger charge is -2.16. The number of halogens is 3. The minimum atomic E-state index is -5.00. The first-order valence-electron chi connectivity index (χ1n) is 6.54. The molecule has 0 spiro atoms. The largest absolute Gasteiger partial charge is 0.466 e. The highest BCUT2D eigenvalue weighted by Crippen LogP contribution is 2.37. The van der Waals surface area contributed by atoms with Crippen LogP contribution < -0.4 is 5.32 Å². The highest BCUT2D eigenvalue weighted by atomic mass is 19.4. The Morgan fingerprint density at radius 2 is 1.96 bits per heavy atom. The number of nitrogens with zero attached hydrogens (tertiary/aromatic N) is 1. The van der Waals surface area contributed by atoms with E-state index >= 15 is 0 Å². The van der Waals surface area contributed by atoms with E-state index in [0.717, 1.165) is 13.2 Å². The Labute approximate surface area is 139 Å². The zero-order chi connectivity index (χ0) is 19.4. The van der Waals surface area contributed by atoms with Gasteiger partial charge < -0.3 is 9.47 Å². The fraction of sp³-hybridized carbons (Fsp3) is 0.286. The number of hydrogen-bond donors (Lipinski definition) is 1. The Hall–Kier alpha value is -3.11. The van der Waals surface area contributed by atoms with Crippen LogP contribution in [0.2, 0.25) is 0 Å². The first-order chi connectivity index (χ1) is 11.5. The standard InChI is InChI=1S/C14H13F3N2O6/c1-7(2)11(12(20)24-3)25-13(21)18-8-4-5-10(19(22)23)9(6-8)14(15,16)17/h4-6,11H,1H2,2-3H3,(H,18,21). The van der Waals surface area contributed by atoms with Crippen LogP contribution in [0.4, 0.5) is 29.3 Å². The van der Waals surface area contributed by atoms with E-state index in [-0.39, 0.29) is 5.57 Å². The van der Waals surface area contributed by atoms with E-state index in [1.54, 1.807) is 0 Å². The molecule has 0 radical (unpaired) electrons. The Morgan fingerprint density at radius 1 is 1.36 bits per heavy atom. The van der Waals surface area contributed by atoms with Crippen LogP contribution in [0, 0.1) is 10.1 Å². The normalized spacial score (nSPS) is 12.0. The van der Waals surface area contributed by atoms with E-state index in [4.69, 9.17) is 4.74 Å². The summed E-state index contributed by atoms with van der Waals surface area (Å²) in [6.07, 6.45) is -7.72. The molecule has 8 nitrogen and oxygen atoms in total. The summed E-state index contributed by atoms with van der Waals surface area (Å²) in [6, 6.07) is 1.87. The molecule has 1 atom stereocenters. The van der Waals surface area contributed by atoms with Gasteiger partial charge in [0.2, 0.25) is 6.10 Å². The number of hydrogen-bond acceptors (Lipinski definition) is 6. The van der Waals surface area contributed by atoms with E-state index in [1.807, 2.05) is 5.32 Å². The van der Waals surface area contributed by atoms with Gasteiger partial charge in [-0.15, -0.1) is 0 Å². The number of carbonyl (C=O) groups is 2. The average Bonchev–Trinajstić information content (AvgIpc) is 2.50. The molecule has 25 heavy (non-hydrogen) atoms. The van der Waals surface area contributed by atoms with E-state index in [1.165, 1.54) is 6.92 Å². The van der Waals surface area contributed by atoms with Crippen molar-refractivity contribution in [3.63, 3.8) is 0 Å². The SMILES string of the molecule is C=C(C)C(OC(=O)Nc1ccc([N+](=O)[O-])c(C(F)(F)F)c1)C(=O)OC. The number of anilines is 1. The maximum absolute atomic E-state index is 12.9. The molecule has 0 heterocycles. The third kappa shape index (κ3) is 5.19. The summed E-state index contributed by atoms with van der Waals surface area (Å²) < 4.78 is 47.8. The zero-order valence-corrected chi connectivity index (χ0v) is 13.0. The Morgan fingerprint density at radius 3 is 2.40 bits per heavy atom. The molecule has 0 saturated heterocycles. The van der Waals surface area contributed by atoms with Crippen molar-refractivity contribution < 1.29 is 37.2 Å². The van der Waals surface area contributed by atoms with Crippen LogP contribution in [0.15, 0.2) is 30.4 Å². The summed E-state index contributed by atoms with van der Waals surface area (Å²) >= 11 is 0. The molecule has 0 aliphatic carbocycles. The van der Waals surface area contributed by atoms with Gasteiger partial charge in [-0.2, -0.15) is 13.2 Å². The van der Waals surface area contributed by atoms with Crippen molar-refractivity contribution in [3.8, 4) is 0 Å². The number of rotatable bonds is 5. The average molecular weight is 362 g/mol. The molecule has 11 heteroatoms. The fourth-order valence-electron chi connectivity index (χ4n) is 1.71. The summed E-state index contributed by atoms with van der Waals surface area (Å²) in [5, 5.41) is 12.6. The van der Waals surface area contributed by atoms with Crippen LogP contribution in [-0.4, -0.2) is 30.2 Å². The Balaban J connectivity index is 3.03. The van der Waals surface area contributed by atoms with Gasteiger partial charge in [-0.3, -0.25) is 15.4 Å². The number of nitro benzene ring substituents is 1. The van der Waals surface area contributed by atoms with Crippen LogP contribution in [0.25, 0.3) is 0 Å². The van der Waals surface area contributed by atoms with Gasteiger partial charge in [0.1, 0.15) is 5.56 Å². The topological polar surface area (TPSA) is 108 Å². The number of methoxy groups -OCH3 is 1. The van der Waals surface area contributed by atoms with E-state index < -0.39 is 46.2 Å². The highest BCUT2D eigenvalue weighted by Gasteiger charge is 2.38. The predicted octanol–water partition coefficient (Wildman–Crippen LogP) is 3.28. The maximum atomic E-state index is 12.9. The summed E-state index contributed by atoms with van der Waals surface area (Å²) in [6.45, 7) is 4.81. The van der Waals surface area contributed by atoms with Gasteiger partial charge in [-0.05, 0) is 24.6 Å². The maximum Gasteiger partial charge on any atom is 0.423 e. The number of ether oxygens (including phenoxy) is 2. The quantitative estimate of drug-likeness (QED) is 0.373. The molecule has 1 N–H and O–H groups in total. The molecule has 0 aromatic heterocycles. The second kappa shape index (κ2) is 7.64. The van der Waals surface area contributed by atoms with E-state index in [0.29, 0.717) is 12.1 Å². The van der Waals surface area contributed by atoms with E-state index in [9.17, 15) is 32.9 Å². The van der Waals surface area contributed by atoms with Crippen LogP contribution in [0.1, 0.15) is 12.5 Å². The van der Waals surface area contributed by atoms with Gasteiger partial charge in [0.15, 0.2) is 0 Å². The molecule has 0 bridgehead atoms. The van der Waals surface area contributed by atoms with Gasteiger partial charge in [0, 0.05) is 11.8 Å². The first-order valence-corrected chi connectivity index (χ1v) is 6.54. The van der Waals surface area contributed by atoms with Crippen LogP contribution in [0.5, 0.6) is 0 Å². The van der Waals surface area contributed by atoms with Crippen molar-refractivity contribution in [3.05, 3.63) is 46.0 Å². The molecular weight excluding hydrogens is 349 g/mol. The van der Waals surface area contributed by atoms with Crippen LogP contribution in [-0.2, 0) is 20.4 Å². The molecule has 0 aliphatic heterocycles. The number of benzene rings is 1. The number of nitrogens with one attached hydrogen (secondary N) is 1. The smallest absolute Gasteiger partial charge is 0.423 e. The van der Waals surface area contributed by atoms with Gasteiger partial charge in [-0.25, -0.2) is 9.59 Å². The minimum absolute atomic E-state index is 0.127. The summed E-state index contributed by atoms with van der Waals surface area (Å²) in [5.41, 5.74) is -2.99. The van der Waals surface area contributed by atoms with Crippen molar-refractivity contribution in [2.75, 3.05) is 12.4 Å². The molecular formula is C14H13F3N2O6. The second-order valence-electron chi connectivity index (χ2n) is 4.77. The lowest BCUT2D eigenvalue weighted by Crippen LogP contribution is -2.31. The molecule has 0 aliphatic rings. The summed E-state index contributed by atoms with van der Waals surface area (Å²) in [5.74, 6) is -0.928.